The third-order valence-electron chi connectivity index (χ3n) is 8.27. The Kier molecular flexibility index (Phi) is 7.87. The fourth-order valence-electron chi connectivity index (χ4n) is 5.95. The highest BCUT2D eigenvalue weighted by Gasteiger charge is 2.39. The maximum atomic E-state index is 13.6. The van der Waals surface area contributed by atoms with Crippen LogP contribution in [0, 0.1) is 0 Å². The third kappa shape index (κ3) is 5.84. The van der Waals surface area contributed by atoms with Gasteiger partial charge in [-0.15, -0.1) is 0 Å². The van der Waals surface area contributed by atoms with Crippen molar-refractivity contribution in [1.82, 2.24) is 9.80 Å². The van der Waals surface area contributed by atoms with Crippen molar-refractivity contribution >= 4 is 39.1 Å². The minimum Gasteiger partial charge on any atom is -0.490 e. The summed E-state index contributed by atoms with van der Waals surface area (Å²) in [7, 11) is -2.17. The molecular formula is C31H32ClN3O6S. The van der Waals surface area contributed by atoms with Crippen molar-refractivity contribution < 1.29 is 27.5 Å². The molecule has 3 atom stereocenters. The highest BCUT2D eigenvalue weighted by Crippen LogP contribution is 2.33. The van der Waals surface area contributed by atoms with Gasteiger partial charge in [0.05, 0.1) is 29.0 Å². The van der Waals surface area contributed by atoms with Crippen molar-refractivity contribution in [2.75, 3.05) is 24.9 Å². The quantitative estimate of drug-likeness (QED) is 0.457. The number of hydrogen-bond donors (Lipinski definition) is 1. The molecule has 1 fully saturated rings. The first-order valence-electron chi connectivity index (χ1n) is 14.0. The summed E-state index contributed by atoms with van der Waals surface area (Å²) in [6.45, 7) is 1.51. The van der Waals surface area contributed by atoms with Gasteiger partial charge in [0, 0.05) is 30.8 Å². The van der Waals surface area contributed by atoms with E-state index in [-0.39, 0.29) is 53.1 Å². The van der Waals surface area contributed by atoms with E-state index in [0.29, 0.717) is 36.7 Å². The number of likely N-dealkylation sites (N-methyl/N-ethyl adjacent to an activating group) is 1. The van der Waals surface area contributed by atoms with Crippen LogP contribution in [0.4, 0.5) is 5.69 Å². The Bertz CT molecular complexity index is 1610. The SMILES string of the molecule is CN1C(=O)c2cc(NS(=O)(=O)c3ccc(Cl)cc3)ccc2OC[C@@H]2O[C@H](CC(=O)N3CCc4ccccc4C3)CC[C@H]21. The molecule has 0 aliphatic carbocycles. The fourth-order valence-corrected chi connectivity index (χ4v) is 7.13. The van der Waals surface area contributed by atoms with Crippen LogP contribution < -0.4 is 9.46 Å². The number of carbonyl (C=O) groups is 2. The molecule has 0 saturated carbocycles. The van der Waals surface area contributed by atoms with Gasteiger partial charge in [-0.25, -0.2) is 8.42 Å². The molecule has 0 radical (unpaired) electrons. The number of carbonyl (C=O) groups excluding carboxylic acids is 2. The lowest BCUT2D eigenvalue weighted by molar-refractivity contribution is -0.143. The van der Waals surface area contributed by atoms with E-state index in [1.807, 2.05) is 17.0 Å². The molecule has 220 valence electrons. The highest BCUT2D eigenvalue weighted by atomic mass is 35.5. The number of benzene rings is 3. The summed E-state index contributed by atoms with van der Waals surface area (Å²) >= 11 is 5.89. The molecule has 3 aliphatic heterocycles. The average Bonchev–Trinajstić information content (AvgIpc) is 2.99. The minimum absolute atomic E-state index is 0.0543. The summed E-state index contributed by atoms with van der Waals surface area (Å²) in [6.07, 6.45) is 1.78. The second-order valence-corrected chi connectivity index (χ2v) is 13.1. The average molecular weight is 610 g/mol. The zero-order valence-electron chi connectivity index (χ0n) is 23.2. The van der Waals surface area contributed by atoms with Crippen molar-refractivity contribution in [3.63, 3.8) is 0 Å². The lowest BCUT2D eigenvalue weighted by Crippen LogP contribution is -2.54. The zero-order valence-corrected chi connectivity index (χ0v) is 24.7. The van der Waals surface area contributed by atoms with Gasteiger partial charge in [-0.1, -0.05) is 35.9 Å². The van der Waals surface area contributed by atoms with Gasteiger partial charge in [0.15, 0.2) is 0 Å². The van der Waals surface area contributed by atoms with Gasteiger partial charge in [-0.2, -0.15) is 0 Å². The molecular weight excluding hydrogens is 578 g/mol. The number of ether oxygens (including phenoxy) is 2. The number of hydrogen-bond acceptors (Lipinski definition) is 6. The first-order valence-corrected chi connectivity index (χ1v) is 15.9. The predicted octanol–water partition coefficient (Wildman–Crippen LogP) is 4.50. The summed E-state index contributed by atoms with van der Waals surface area (Å²) in [5, 5.41) is 0.428. The molecule has 1 N–H and O–H groups in total. The number of anilines is 1. The summed E-state index contributed by atoms with van der Waals surface area (Å²) in [5.41, 5.74) is 2.99. The van der Waals surface area contributed by atoms with Crippen LogP contribution in [0.1, 0.15) is 40.7 Å². The summed E-state index contributed by atoms with van der Waals surface area (Å²) in [5.74, 6) is 0.119. The number of nitrogens with one attached hydrogen (secondary N) is 1. The van der Waals surface area contributed by atoms with Crippen molar-refractivity contribution in [3.8, 4) is 5.75 Å². The van der Waals surface area contributed by atoms with Crippen LogP contribution >= 0.6 is 11.6 Å². The Balaban J connectivity index is 1.13. The van der Waals surface area contributed by atoms with Crippen LogP contribution in [-0.4, -0.2) is 68.5 Å². The molecule has 6 rings (SSSR count). The van der Waals surface area contributed by atoms with Crippen LogP contribution in [0.2, 0.25) is 5.02 Å². The molecule has 3 heterocycles. The van der Waals surface area contributed by atoms with Crippen LogP contribution in [0.25, 0.3) is 0 Å². The van der Waals surface area contributed by atoms with E-state index in [4.69, 9.17) is 21.1 Å². The van der Waals surface area contributed by atoms with Crippen molar-refractivity contribution in [2.45, 2.75) is 55.4 Å². The number of fused-ring (bicyclic) bond motifs is 3. The van der Waals surface area contributed by atoms with Crippen LogP contribution in [0.15, 0.2) is 71.6 Å². The second-order valence-electron chi connectivity index (χ2n) is 11.0. The molecule has 42 heavy (non-hydrogen) atoms. The van der Waals surface area contributed by atoms with E-state index < -0.39 is 16.1 Å². The van der Waals surface area contributed by atoms with Gasteiger partial charge in [0.2, 0.25) is 5.91 Å². The summed E-state index contributed by atoms with van der Waals surface area (Å²) < 4.78 is 40.7. The molecule has 3 aromatic carbocycles. The predicted molar refractivity (Wildman–Crippen MR) is 158 cm³/mol. The lowest BCUT2D eigenvalue weighted by atomic mass is 9.94. The molecule has 0 bridgehead atoms. The standard InChI is InChI=1S/C31H32ClN3O6S/c1-34-27-12-9-24(17-30(36)35-15-14-20-4-2-3-5-21(20)18-35)41-29(27)19-40-28-13-8-23(16-26(28)31(34)37)33-42(38,39)25-10-6-22(32)7-11-25/h2-8,10-11,13,16,24,27,29,33H,9,12,14-15,17-19H2,1H3/t24-,27+,29-/m0/s1. The maximum Gasteiger partial charge on any atom is 0.261 e. The number of rotatable bonds is 5. The number of sulfonamides is 1. The van der Waals surface area contributed by atoms with Gasteiger partial charge >= 0.3 is 0 Å². The largest absolute Gasteiger partial charge is 0.490 e. The number of halogens is 1. The first-order chi connectivity index (χ1) is 20.2. The van der Waals surface area contributed by atoms with E-state index >= 15 is 0 Å². The van der Waals surface area contributed by atoms with E-state index in [1.165, 1.54) is 41.5 Å². The minimum atomic E-state index is -3.89. The molecule has 9 nitrogen and oxygen atoms in total. The van der Waals surface area contributed by atoms with Crippen LogP contribution in [-0.2, 0) is 32.5 Å². The fraction of sp³-hybridized carbons (Fsp3) is 0.355. The van der Waals surface area contributed by atoms with Crippen molar-refractivity contribution in [1.29, 1.82) is 0 Å². The molecule has 1 saturated heterocycles. The third-order valence-corrected chi connectivity index (χ3v) is 9.92. The summed E-state index contributed by atoms with van der Waals surface area (Å²) in [6, 6.07) is 18.4. The zero-order chi connectivity index (χ0) is 29.4. The van der Waals surface area contributed by atoms with E-state index in [2.05, 4.69) is 16.9 Å². The Morgan fingerprint density at radius 3 is 2.60 bits per heavy atom. The molecule has 3 aliphatic rings. The van der Waals surface area contributed by atoms with Crippen molar-refractivity contribution in [3.05, 3.63) is 88.4 Å². The van der Waals surface area contributed by atoms with E-state index in [9.17, 15) is 18.0 Å². The highest BCUT2D eigenvalue weighted by molar-refractivity contribution is 7.92. The molecule has 11 heteroatoms. The number of nitrogens with zero attached hydrogens (tertiary/aromatic N) is 2. The Hall–Kier alpha value is -3.60. The Morgan fingerprint density at radius 2 is 1.81 bits per heavy atom. The lowest BCUT2D eigenvalue weighted by Gasteiger charge is -2.42. The molecule has 0 aromatic heterocycles. The molecule has 2 amide bonds. The van der Waals surface area contributed by atoms with Crippen LogP contribution in [0.3, 0.4) is 0 Å². The van der Waals surface area contributed by atoms with Gasteiger partial charge in [0.25, 0.3) is 15.9 Å². The Morgan fingerprint density at radius 1 is 1.05 bits per heavy atom. The normalized spacial score (nSPS) is 22.1. The van der Waals surface area contributed by atoms with Gasteiger partial charge < -0.3 is 19.3 Å². The first kappa shape index (κ1) is 28.5. The monoisotopic (exact) mass is 609 g/mol. The number of amides is 2. The van der Waals surface area contributed by atoms with Crippen LogP contribution in [0.5, 0.6) is 5.75 Å². The topological polar surface area (TPSA) is 105 Å². The van der Waals surface area contributed by atoms with Gasteiger partial charge in [-0.05, 0) is 72.9 Å². The van der Waals surface area contributed by atoms with Gasteiger partial charge in [0.1, 0.15) is 18.5 Å². The van der Waals surface area contributed by atoms with E-state index in [1.54, 1.807) is 24.1 Å². The Labute approximate surface area is 250 Å². The van der Waals surface area contributed by atoms with E-state index in [0.717, 1.165) is 6.42 Å². The van der Waals surface area contributed by atoms with Gasteiger partial charge in [-0.3, -0.25) is 14.3 Å². The summed E-state index contributed by atoms with van der Waals surface area (Å²) in [4.78, 5) is 30.3. The van der Waals surface area contributed by atoms with Crippen molar-refractivity contribution in [2.24, 2.45) is 0 Å². The molecule has 0 spiro atoms. The molecule has 3 aromatic rings. The molecule has 0 unspecified atom stereocenters. The second kappa shape index (κ2) is 11.6. The smallest absolute Gasteiger partial charge is 0.261 e. The maximum absolute atomic E-state index is 13.6.